The Kier molecular flexibility index (Phi) is 3.79. The Morgan fingerprint density at radius 3 is 2.50 bits per heavy atom. The highest BCUT2D eigenvalue weighted by atomic mass is 32.1. The normalized spacial score (nSPS) is 18.9. The molecule has 5 heteroatoms. The van der Waals surface area contributed by atoms with E-state index < -0.39 is 0 Å². The second-order valence-electron chi connectivity index (χ2n) is 6.48. The lowest BCUT2D eigenvalue weighted by Gasteiger charge is -2.31. The maximum absolute atomic E-state index is 4.43. The highest BCUT2D eigenvalue weighted by Gasteiger charge is 2.30. The fourth-order valence-electron chi connectivity index (χ4n) is 3.59. The Bertz CT molecular complexity index is 990. The zero-order chi connectivity index (χ0) is 17.3. The average molecular weight is 358 g/mol. The minimum absolute atomic E-state index is 0.226. The molecule has 1 aliphatic rings. The van der Waals surface area contributed by atoms with Crippen LogP contribution in [0, 0.1) is 0 Å². The summed E-state index contributed by atoms with van der Waals surface area (Å²) in [7, 11) is 0. The van der Waals surface area contributed by atoms with Gasteiger partial charge in [-0.1, -0.05) is 60.7 Å². The molecular weight excluding hydrogens is 340 g/mol. The van der Waals surface area contributed by atoms with E-state index in [0.29, 0.717) is 0 Å². The van der Waals surface area contributed by atoms with Crippen molar-refractivity contribution in [2.75, 3.05) is 5.32 Å². The lowest BCUT2D eigenvalue weighted by Crippen LogP contribution is -2.27. The van der Waals surface area contributed by atoms with Crippen molar-refractivity contribution in [3.8, 4) is 11.1 Å². The predicted octanol–water partition coefficient (Wildman–Crippen LogP) is 5.15. The summed E-state index contributed by atoms with van der Waals surface area (Å²) in [5, 5.41) is 10.1. The molecule has 2 atom stereocenters. The van der Waals surface area contributed by atoms with Gasteiger partial charge in [0.25, 0.3) is 0 Å². The molecule has 0 bridgehead atoms. The topological polar surface area (TPSA) is 42.7 Å². The Morgan fingerprint density at radius 1 is 0.923 bits per heavy atom. The van der Waals surface area contributed by atoms with Crippen molar-refractivity contribution in [1.29, 1.82) is 0 Å². The first-order chi connectivity index (χ1) is 12.9. The van der Waals surface area contributed by atoms with Gasteiger partial charge in [-0.2, -0.15) is 10.1 Å². The van der Waals surface area contributed by atoms with E-state index in [1.165, 1.54) is 21.6 Å². The smallest absolute Gasteiger partial charge is 0.222 e. The van der Waals surface area contributed by atoms with E-state index in [1.54, 1.807) is 17.7 Å². The van der Waals surface area contributed by atoms with Gasteiger partial charge in [0, 0.05) is 4.88 Å². The third kappa shape index (κ3) is 2.70. The van der Waals surface area contributed by atoms with E-state index in [0.717, 1.165) is 12.4 Å². The van der Waals surface area contributed by atoms with E-state index >= 15 is 0 Å². The maximum atomic E-state index is 4.43. The molecule has 3 heterocycles. The van der Waals surface area contributed by atoms with Gasteiger partial charge in [0.1, 0.15) is 6.33 Å². The second-order valence-corrected chi connectivity index (χ2v) is 7.46. The molecule has 0 amide bonds. The third-order valence-electron chi connectivity index (χ3n) is 4.92. The molecule has 2 aromatic heterocycles. The van der Waals surface area contributed by atoms with Crippen LogP contribution in [0.15, 0.2) is 78.4 Å². The number of rotatable bonds is 3. The zero-order valence-electron chi connectivity index (χ0n) is 14.1. The molecule has 128 valence electrons. The molecular formula is C21H18N4S. The number of nitrogens with zero attached hydrogens (tertiary/aromatic N) is 3. The third-order valence-corrected chi connectivity index (χ3v) is 5.90. The van der Waals surface area contributed by atoms with E-state index in [4.69, 9.17) is 0 Å². The highest BCUT2D eigenvalue weighted by Crippen LogP contribution is 2.39. The Hall–Kier alpha value is -2.92. The van der Waals surface area contributed by atoms with Gasteiger partial charge in [-0.3, -0.25) is 0 Å². The maximum Gasteiger partial charge on any atom is 0.222 e. The minimum atomic E-state index is 0.226. The molecule has 0 radical (unpaired) electrons. The van der Waals surface area contributed by atoms with Gasteiger partial charge in [0.15, 0.2) is 0 Å². The Balaban J connectivity index is 1.46. The fraction of sp³-hybridized carbons (Fsp3) is 0.143. The molecule has 4 nitrogen and oxygen atoms in total. The van der Waals surface area contributed by atoms with Crippen molar-refractivity contribution >= 4 is 17.3 Å². The summed E-state index contributed by atoms with van der Waals surface area (Å²) in [5.74, 6) is 0.840. The summed E-state index contributed by atoms with van der Waals surface area (Å²) in [4.78, 5) is 5.73. The van der Waals surface area contributed by atoms with E-state index in [9.17, 15) is 0 Å². The molecule has 2 aromatic carbocycles. The average Bonchev–Trinajstić information content (AvgIpc) is 3.40. The van der Waals surface area contributed by atoms with Crippen molar-refractivity contribution in [2.45, 2.75) is 18.5 Å². The number of thiophene rings is 1. The summed E-state index contributed by atoms with van der Waals surface area (Å²) in [5.41, 5.74) is 3.76. The Labute approximate surface area is 156 Å². The molecule has 1 N–H and O–H groups in total. The SMILES string of the molecule is c1ccc(-c2ccc([C@H]3C[C@H](c4cccs4)n4ncnc4N3)cc2)cc1. The van der Waals surface area contributed by atoms with Crippen LogP contribution in [0.5, 0.6) is 0 Å². The van der Waals surface area contributed by atoms with Gasteiger partial charge >= 0.3 is 0 Å². The van der Waals surface area contributed by atoms with Gasteiger partial charge in [-0.05, 0) is 34.6 Å². The van der Waals surface area contributed by atoms with Gasteiger partial charge < -0.3 is 5.32 Å². The molecule has 0 saturated heterocycles. The van der Waals surface area contributed by atoms with Crippen LogP contribution in [0.1, 0.15) is 28.9 Å². The molecule has 4 aromatic rings. The number of hydrogen-bond donors (Lipinski definition) is 1. The second kappa shape index (κ2) is 6.42. The van der Waals surface area contributed by atoms with Crippen LogP contribution in [-0.2, 0) is 0 Å². The standard InChI is InChI=1S/C21H18N4S/c1-2-5-15(6-3-1)16-8-10-17(11-9-16)18-13-19(20-7-4-12-26-20)25-21(24-18)22-14-23-25/h1-12,14,18-19H,13H2,(H,22,23,24)/t18-,19-/m1/s1. The molecule has 0 fully saturated rings. The number of hydrogen-bond acceptors (Lipinski definition) is 4. The van der Waals surface area contributed by atoms with Crippen LogP contribution >= 0.6 is 11.3 Å². The molecule has 0 aliphatic carbocycles. The number of anilines is 1. The fourth-order valence-corrected chi connectivity index (χ4v) is 4.42. The minimum Gasteiger partial charge on any atom is -0.348 e. The first-order valence-electron chi connectivity index (χ1n) is 8.73. The van der Waals surface area contributed by atoms with Crippen LogP contribution in [-0.4, -0.2) is 14.8 Å². The zero-order valence-corrected chi connectivity index (χ0v) is 14.9. The molecule has 0 spiro atoms. The van der Waals surface area contributed by atoms with Crippen LogP contribution < -0.4 is 5.32 Å². The summed E-state index contributed by atoms with van der Waals surface area (Å²) in [6.07, 6.45) is 2.59. The van der Waals surface area contributed by atoms with Crippen LogP contribution in [0.25, 0.3) is 11.1 Å². The van der Waals surface area contributed by atoms with Gasteiger partial charge in [-0.25, -0.2) is 4.68 Å². The van der Waals surface area contributed by atoms with Gasteiger partial charge in [0.2, 0.25) is 5.95 Å². The lowest BCUT2D eigenvalue weighted by molar-refractivity contribution is 0.436. The van der Waals surface area contributed by atoms with Gasteiger partial charge in [0.05, 0.1) is 12.1 Å². The largest absolute Gasteiger partial charge is 0.348 e. The number of aromatic nitrogens is 3. The molecule has 1 aliphatic heterocycles. The van der Waals surface area contributed by atoms with Crippen LogP contribution in [0.3, 0.4) is 0 Å². The van der Waals surface area contributed by atoms with Crippen molar-refractivity contribution in [3.63, 3.8) is 0 Å². The highest BCUT2D eigenvalue weighted by molar-refractivity contribution is 7.10. The molecule has 5 rings (SSSR count). The Morgan fingerprint density at radius 2 is 1.73 bits per heavy atom. The number of benzene rings is 2. The monoisotopic (exact) mass is 358 g/mol. The molecule has 0 unspecified atom stereocenters. The number of nitrogens with one attached hydrogen (secondary N) is 1. The summed E-state index contributed by atoms with van der Waals surface area (Å²) >= 11 is 1.78. The van der Waals surface area contributed by atoms with Crippen molar-refractivity contribution < 1.29 is 0 Å². The van der Waals surface area contributed by atoms with Gasteiger partial charge in [-0.15, -0.1) is 11.3 Å². The molecule has 0 saturated carbocycles. The predicted molar refractivity (Wildman–Crippen MR) is 105 cm³/mol. The van der Waals surface area contributed by atoms with Crippen molar-refractivity contribution in [3.05, 3.63) is 88.9 Å². The summed E-state index contributed by atoms with van der Waals surface area (Å²) in [6, 6.07) is 24.1. The van der Waals surface area contributed by atoms with Crippen molar-refractivity contribution in [2.24, 2.45) is 0 Å². The summed E-state index contributed by atoms with van der Waals surface area (Å²) in [6.45, 7) is 0. The van der Waals surface area contributed by atoms with E-state index in [1.807, 2.05) is 10.7 Å². The van der Waals surface area contributed by atoms with Crippen molar-refractivity contribution in [1.82, 2.24) is 14.8 Å². The van der Waals surface area contributed by atoms with Crippen LogP contribution in [0.2, 0.25) is 0 Å². The van der Waals surface area contributed by atoms with E-state index in [2.05, 4.69) is 81.4 Å². The summed E-state index contributed by atoms with van der Waals surface area (Å²) < 4.78 is 2.00. The van der Waals surface area contributed by atoms with E-state index in [-0.39, 0.29) is 12.1 Å². The first kappa shape index (κ1) is 15.3. The number of fused-ring (bicyclic) bond motifs is 1. The van der Waals surface area contributed by atoms with Crippen LogP contribution in [0.4, 0.5) is 5.95 Å². The quantitative estimate of drug-likeness (QED) is 0.550. The lowest BCUT2D eigenvalue weighted by atomic mass is 9.95. The first-order valence-corrected chi connectivity index (χ1v) is 9.61. The molecule has 26 heavy (non-hydrogen) atoms.